The molecule has 2 nitrogen and oxygen atoms in total. The second kappa shape index (κ2) is 6.06. The van der Waals surface area contributed by atoms with Crippen molar-refractivity contribution in [1.82, 2.24) is 0 Å². The van der Waals surface area contributed by atoms with Crippen LogP contribution in [0.1, 0.15) is 24.3 Å². The highest BCUT2D eigenvalue weighted by Gasteiger charge is 2.21. The SMILES string of the molecule is O=C(O)C(CCCCl)c1ccc(F)cc1Cl. The third-order valence-corrected chi connectivity index (χ3v) is 2.86. The standard InChI is InChI=1S/C11H11Cl2FO2/c12-5-1-2-9(11(15)16)8-4-3-7(14)6-10(8)13/h3-4,6,9H,1-2,5H2,(H,15,16). The van der Waals surface area contributed by atoms with Gasteiger partial charge in [0.2, 0.25) is 0 Å². The lowest BCUT2D eigenvalue weighted by atomic mass is 9.94. The van der Waals surface area contributed by atoms with Crippen LogP contribution in [0.2, 0.25) is 5.02 Å². The summed E-state index contributed by atoms with van der Waals surface area (Å²) in [5, 5.41) is 9.19. The Kier molecular flexibility index (Phi) is 5.03. The number of aliphatic carboxylic acids is 1. The molecule has 0 amide bonds. The molecule has 1 aromatic rings. The highest BCUT2D eigenvalue weighted by molar-refractivity contribution is 6.31. The summed E-state index contributed by atoms with van der Waals surface area (Å²) in [6, 6.07) is 3.73. The Morgan fingerprint density at radius 2 is 2.19 bits per heavy atom. The predicted molar refractivity (Wildman–Crippen MR) is 61.7 cm³/mol. The highest BCUT2D eigenvalue weighted by atomic mass is 35.5. The number of rotatable bonds is 5. The van der Waals surface area contributed by atoms with Gasteiger partial charge in [-0.1, -0.05) is 17.7 Å². The molecule has 0 aromatic heterocycles. The molecule has 0 bridgehead atoms. The molecule has 1 unspecified atom stereocenters. The minimum Gasteiger partial charge on any atom is -0.481 e. The molecule has 88 valence electrons. The molecule has 0 aliphatic carbocycles. The number of carbonyl (C=O) groups is 1. The summed E-state index contributed by atoms with van der Waals surface area (Å²) in [6.07, 6.45) is 0.969. The third kappa shape index (κ3) is 3.35. The lowest BCUT2D eigenvalue weighted by Crippen LogP contribution is -2.12. The van der Waals surface area contributed by atoms with Gasteiger partial charge >= 0.3 is 5.97 Å². The van der Waals surface area contributed by atoms with E-state index in [1.807, 2.05) is 0 Å². The molecule has 0 spiro atoms. The van der Waals surface area contributed by atoms with Crippen LogP contribution in [0, 0.1) is 5.82 Å². The lowest BCUT2D eigenvalue weighted by molar-refractivity contribution is -0.139. The zero-order chi connectivity index (χ0) is 12.1. The molecule has 0 aliphatic heterocycles. The third-order valence-electron chi connectivity index (χ3n) is 2.26. The van der Waals surface area contributed by atoms with Gasteiger partial charge in [0.1, 0.15) is 5.82 Å². The van der Waals surface area contributed by atoms with Crippen LogP contribution in [-0.2, 0) is 4.79 Å². The Hall–Kier alpha value is -0.800. The van der Waals surface area contributed by atoms with Gasteiger partial charge in [-0.15, -0.1) is 11.6 Å². The average Bonchev–Trinajstić information content (AvgIpc) is 2.20. The Morgan fingerprint density at radius 1 is 1.50 bits per heavy atom. The van der Waals surface area contributed by atoms with Crippen LogP contribution in [0.25, 0.3) is 0 Å². The first kappa shape index (κ1) is 13.3. The number of carboxylic acids is 1. The summed E-state index contributed by atoms with van der Waals surface area (Å²) in [5.41, 5.74) is 0.431. The van der Waals surface area contributed by atoms with Gasteiger partial charge in [-0.3, -0.25) is 4.79 Å². The van der Waals surface area contributed by atoms with Crippen LogP contribution >= 0.6 is 23.2 Å². The van der Waals surface area contributed by atoms with Gasteiger partial charge < -0.3 is 5.11 Å². The van der Waals surface area contributed by atoms with Gasteiger partial charge in [-0.2, -0.15) is 0 Å². The van der Waals surface area contributed by atoms with E-state index in [9.17, 15) is 9.18 Å². The Morgan fingerprint density at radius 3 is 2.69 bits per heavy atom. The van der Waals surface area contributed by atoms with Crippen LogP contribution in [-0.4, -0.2) is 17.0 Å². The van der Waals surface area contributed by atoms with E-state index in [4.69, 9.17) is 28.3 Å². The van der Waals surface area contributed by atoms with E-state index in [0.717, 1.165) is 6.07 Å². The quantitative estimate of drug-likeness (QED) is 0.825. The van der Waals surface area contributed by atoms with E-state index >= 15 is 0 Å². The summed E-state index contributed by atoms with van der Waals surface area (Å²) in [5.74, 6) is -1.79. The first-order valence-corrected chi connectivity index (χ1v) is 5.71. The first-order chi connectivity index (χ1) is 7.56. The van der Waals surface area contributed by atoms with E-state index in [2.05, 4.69) is 0 Å². The van der Waals surface area contributed by atoms with E-state index in [1.54, 1.807) is 0 Å². The largest absolute Gasteiger partial charge is 0.481 e. The molecule has 0 radical (unpaired) electrons. The Labute approximate surface area is 103 Å². The zero-order valence-electron chi connectivity index (χ0n) is 8.42. The average molecular weight is 265 g/mol. The minimum atomic E-state index is -0.973. The van der Waals surface area contributed by atoms with Crippen LogP contribution in [0.4, 0.5) is 4.39 Å². The fraction of sp³-hybridized carbons (Fsp3) is 0.364. The van der Waals surface area contributed by atoms with Crippen molar-refractivity contribution < 1.29 is 14.3 Å². The topological polar surface area (TPSA) is 37.3 Å². The van der Waals surface area contributed by atoms with Crippen LogP contribution in [0.15, 0.2) is 18.2 Å². The molecule has 1 aromatic carbocycles. The van der Waals surface area contributed by atoms with Gasteiger partial charge in [0.25, 0.3) is 0 Å². The second-order valence-corrected chi connectivity index (χ2v) is 4.17. The van der Waals surface area contributed by atoms with Crippen molar-refractivity contribution >= 4 is 29.2 Å². The smallest absolute Gasteiger partial charge is 0.311 e. The number of alkyl halides is 1. The van der Waals surface area contributed by atoms with Crippen molar-refractivity contribution in [3.05, 3.63) is 34.6 Å². The van der Waals surface area contributed by atoms with E-state index < -0.39 is 17.7 Å². The number of carboxylic acid groups (broad SMARTS) is 1. The molecule has 16 heavy (non-hydrogen) atoms. The summed E-state index contributed by atoms with van der Waals surface area (Å²) >= 11 is 11.3. The van der Waals surface area contributed by atoms with E-state index in [1.165, 1.54) is 12.1 Å². The molecular weight excluding hydrogens is 254 g/mol. The molecule has 0 saturated heterocycles. The van der Waals surface area contributed by atoms with Gasteiger partial charge in [-0.25, -0.2) is 4.39 Å². The number of halogens is 3. The lowest BCUT2D eigenvalue weighted by Gasteiger charge is -2.13. The van der Waals surface area contributed by atoms with Crippen LogP contribution in [0.5, 0.6) is 0 Å². The monoisotopic (exact) mass is 264 g/mol. The summed E-state index contributed by atoms with van der Waals surface area (Å²) in [6.45, 7) is 0. The predicted octanol–water partition coefficient (Wildman–Crippen LogP) is 3.67. The van der Waals surface area contributed by atoms with Crippen molar-refractivity contribution in [2.75, 3.05) is 5.88 Å². The van der Waals surface area contributed by atoms with Crippen molar-refractivity contribution in [3.63, 3.8) is 0 Å². The van der Waals surface area contributed by atoms with Crippen molar-refractivity contribution in [2.45, 2.75) is 18.8 Å². The van der Waals surface area contributed by atoms with Gasteiger partial charge in [0.05, 0.1) is 5.92 Å². The molecule has 5 heteroatoms. The van der Waals surface area contributed by atoms with Crippen LogP contribution < -0.4 is 0 Å². The maximum absolute atomic E-state index is 12.8. The van der Waals surface area contributed by atoms with E-state index in [0.29, 0.717) is 24.3 Å². The van der Waals surface area contributed by atoms with Gasteiger partial charge in [0, 0.05) is 10.9 Å². The van der Waals surface area contributed by atoms with Gasteiger partial charge in [0.15, 0.2) is 0 Å². The molecule has 1 atom stereocenters. The Balaban J connectivity index is 2.96. The molecule has 0 aliphatic rings. The molecule has 0 saturated carbocycles. The number of hydrogen-bond acceptors (Lipinski definition) is 1. The molecule has 0 fully saturated rings. The van der Waals surface area contributed by atoms with Crippen molar-refractivity contribution in [1.29, 1.82) is 0 Å². The normalized spacial score (nSPS) is 12.4. The molecule has 1 N–H and O–H groups in total. The van der Waals surface area contributed by atoms with Crippen LogP contribution in [0.3, 0.4) is 0 Å². The molecule has 0 heterocycles. The second-order valence-electron chi connectivity index (χ2n) is 3.39. The maximum atomic E-state index is 12.8. The molecular formula is C11H11Cl2FO2. The molecule has 1 rings (SSSR count). The fourth-order valence-electron chi connectivity index (χ4n) is 1.48. The number of benzene rings is 1. The Bertz CT molecular complexity index is 382. The zero-order valence-corrected chi connectivity index (χ0v) is 9.93. The summed E-state index contributed by atoms with van der Waals surface area (Å²) < 4.78 is 12.8. The van der Waals surface area contributed by atoms with Crippen molar-refractivity contribution in [3.8, 4) is 0 Å². The highest BCUT2D eigenvalue weighted by Crippen LogP contribution is 2.29. The van der Waals surface area contributed by atoms with E-state index in [-0.39, 0.29) is 5.02 Å². The summed E-state index contributed by atoms with van der Waals surface area (Å²) in [4.78, 5) is 11.0. The maximum Gasteiger partial charge on any atom is 0.311 e. The number of hydrogen-bond donors (Lipinski definition) is 1. The summed E-state index contributed by atoms with van der Waals surface area (Å²) in [7, 11) is 0. The fourth-order valence-corrected chi connectivity index (χ4v) is 1.93. The first-order valence-electron chi connectivity index (χ1n) is 4.80. The van der Waals surface area contributed by atoms with Gasteiger partial charge in [-0.05, 0) is 30.5 Å². The minimum absolute atomic E-state index is 0.141. The van der Waals surface area contributed by atoms with Crippen molar-refractivity contribution in [2.24, 2.45) is 0 Å².